The Kier molecular flexibility index (Phi) is 3.79. The number of aromatic amines is 1. The van der Waals surface area contributed by atoms with E-state index in [0.717, 1.165) is 48.3 Å². The summed E-state index contributed by atoms with van der Waals surface area (Å²) in [6, 6.07) is 6.51. The molecule has 2 heterocycles. The topological polar surface area (TPSA) is 66.1 Å². The molecule has 6 heteroatoms. The van der Waals surface area contributed by atoms with Gasteiger partial charge in [-0.15, -0.1) is 5.10 Å². The maximum Gasteiger partial charge on any atom is 0.245 e. The smallest absolute Gasteiger partial charge is 0.245 e. The second-order valence-electron chi connectivity index (χ2n) is 5.47. The maximum atomic E-state index is 5.36. The first-order chi connectivity index (χ1) is 10.2. The van der Waals surface area contributed by atoms with Crippen molar-refractivity contribution in [3.63, 3.8) is 0 Å². The molecule has 1 aromatic heterocycles. The van der Waals surface area contributed by atoms with Crippen LogP contribution >= 0.6 is 0 Å². The van der Waals surface area contributed by atoms with Crippen LogP contribution in [-0.2, 0) is 0 Å². The molecule has 21 heavy (non-hydrogen) atoms. The number of rotatable bonds is 3. The number of aromatic nitrogens is 3. The fourth-order valence-electron chi connectivity index (χ4n) is 2.60. The third-order valence-electron chi connectivity index (χ3n) is 3.81. The fraction of sp³-hybridized carbons (Fsp3) is 0.467. The lowest BCUT2D eigenvalue weighted by Crippen LogP contribution is -2.49. The van der Waals surface area contributed by atoms with E-state index in [1.54, 1.807) is 7.11 Å². The van der Waals surface area contributed by atoms with Crippen LogP contribution in [-0.4, -0.2) is 48.0 Å². The predicted octanol–water partition coefficient (Wildman–Crippen LogP) is 1.59. The molecule has 1 aliphatic rings. The van der Waals surface area contributed by atoms with Gasteiger partial charge in [-0.3, -0.25) is 5.10 Å². The molecule has 0 bridgehead atoms. The number of nitrogens with zero attached hydrogens (tertiary/aromatic N) is 3. The van der Waals surface area contributed by atoms with Gasteiger partial charge in [-0.1, -0.05) is 12.1 Å². The highest BCUT2D eigenvalue weighted by Crippen LogP contribution is 2.25. The zero-order valence-electron chi connectivity index (χ0n) is 12.7. The number of benzene rings is 1. The molecule has 0 saturated carbocycles. The number of methoxy groups -OCH3 is 1. The van der Waals surface area contributed by atoms with Crippen molar-refractivity contribution in [1.82, 2.24) is 20.5 Å². The number of ether oxygens (including phenoxy) is 1. The van der Waals surface area contributed by atoms with E-state index >= 15 is 0 Å². The molecule has 1 fully saturated rings. The van der Waals surface area contributed by atoms with E-state index in [9.17, 15) is 0 Å². The number of hydrogen-bond acceptors (Lipinski definition) is 5. The van der Waals surface area contributed by atoms with Gasteiger partial charge in [-0.25, -0.2) is 0 Å². The molecule has 0 unspecified atom stereocenters. The molecule has 112 valence electrons. The van der Waals surface area contributed by atoms with E-state index in [4.69, 9.17) is 4.74 Å². The van der Waals surface area contributed by atoms with E-state index in [2.05, 4.69) is 32.3 Å². The normalized spacial score (nSPS) is 18.8. The summed E-state index contributed by atoms with van der Waals surface area (Å²) in [5, 5.41) is 10.8. The molecular weight excluding hydrogens is 266 g/mol. The van der Waals surface area contributed by atoms with Gasteiger partial charge >= 0.3 is 0 Å². The number of H-pyrrole nitrogens is 1. The minimum absolute atomic E-state index is 0.458. The van der Waals surface area contributed by atoms with Crippen LogP contribution in [0.5, 0.6) is 5.75 Å². The van der Waals surface area contributed by atoms with Gasteiger partial charge in [0.05, 0.1) is 7.11 Å². The van der Waals surface area contributed by atoms with Gasteiger partial charge in [-0.2, -0.15) is 4.98 Å². The van der Waals surface area contributed by atoms with Crippen LogP contribution in [0.15, 0.2) is 18.2 Å². The Bertz CT molecular complexity index is 624. The predicted molar refractivity (Wildman–Crippen MR) is 82.8 cm³/mol. The van der Waals surface area contributed by atoms with Gasteiger partial charge < -0.3 is 15.0 Å². The largest absolute Gasteiger partial charge is 0.496 e. The van der Waals surface area contributed by atoms with E-state index < -0.39 is 0 Å². The van der Waals surface area contributed by atoms with Crippen molar-refractivity contribution in [2.45, 2.75) is 19.9 Å². The number of anilines is 1. The summed E-state index contributed by atoms with van der Waals surface area (Å²) in [7, 11) is 1.68. The lowest BCUT2D eigenvalue weighted by atomic mass is 10.1. The molecule has 3 rings (SSSR count). The molecule has 6 nitrogen and oxygen atoms in total. The van der Waals surface area contributed by atoms with Gasteiger partial charge in [-0.05, 0) is 25.5 Å². The van der Waals surface area contributed by atoms with Gasteiger partial charge in [0.2, 0.25) is 5.95 Å². The average Bonchev–Trinajstić information content (AvgIpc) is 2.97. The zero-order valence-corrected chi connectivity index (χ0v) is 12.7. The Morgan fingerprint density at radius 2 is 2.24 bits per heavy atom. The third kappa shape index (κ3) is 2.85. The highest BCUT2D eigenvalue weighted by molar-refractivity contribution is 5.60. The molecule has 0 radical (unpaired) electrons. The molecule has 2 aromatic rings. The first-order valence-electron chi connectivity index (χ1n) is 7.23. The SMILES string of the molecule is COc1cc(-c2nc(N3CCN[C@H](C)C3)n[nH]2)ccc1C. The summed E-state index contributed by atoms with van der Waals surface area (Å²) in [6.07, 6.45) is 0. The molecule has 2 N–H and O–H groups in total. The summed E-state index contributed by atoms with van der Waals surface area (Å²) < 4.78 is 5.36. The highest BCUT2D eigenvalue weighted by atomic mass is 16.5. The Labute approximate surface area is 124 Å². The van der Waals surface area contributed by atoms with E-state index in [1.165, 1.54) is 0 Å². The van der Waals surface area contributed by atoms with Crippen LogP contribution < -0.4 is 15.0 Å². The Balaban J connectivity index is 1.84. The summed E-state index contributed by atoms with van der Waals surface area (Å²) in [5.74, 6) is 2.40. The Hall–Kier alpha value is -2.08. The summed E-state index contributed by atoms with van der Waals surface area (Å²) in [4.78, 5) is 6.82. The van der Waals surface area contributed by atoms with E-state index in [1.807, 2.05) is 25.1 Å². The second kappa shape index (κ2) is 5.73. The molecular formula is C15H21N5O. The first kappa shape index (κ1) is 13.9. The van der Waals surface area contributed by atoms with Gasteiger partial charge in [0.25, 0.3) is 0 Å². The van der Waals surface area contributed by atoms with Crippen LogP contribution in [0.1, 0.15) is 12.5 Å². The van der Waals surface area contributed by atoms with E-state index in [-0.39, 0.29) is 0 Å². The van der Waals surface area contributed by atoms with Gasteiger partial charge in [0, 0.05) is 31.2 Å². The molecule has 1 aliphatic heterocycles. The minimum atomic E-state index is 0.458. The quantitative estimate of drug-likeness (QED) is 0.897. The molecule has 0 spiro atoms. The second-order valence-corrected chi connectivity index (χ2v) is 5.47. The summed E-state index contributed by atoms with van der Waals surface area (Å²) in [5.41, 5.74) is 2.09. The van der Waals surface area contributed by atoms with Gasteiger partial charge in [0.1, 0.15) is 5.75 Å². The van der Waals surface area contributed by atoms with E-state index in [0.29, 0.717) is 6.04 Å². The molecule has 1 atom stereocenters. The first-order valence-corrected chi connectivity index (χ1v) is 7.23. The fourth-order valence-corrected chi connectivity index (χ4v) is 2.60. The number of nitrogens with one attached hydrogen (secondary N) is 2. The van der Waals surface area contributed by atoms with Crippen LogP contribution in [0.2, 0.25) is 0 Å². The Morgan fingerprint density at radius 3 is 3.00 bits per heavy atom. The van der Waals surface area contributed by atoms with Crippen molar-refractivity contribution in [3.05, 3.63) is 23.8 Å². The van der Waals surface area contributed by atoms with Crippen LogP contribution in [0.4, 0.5) is 5.95 Å². The van der Waals surface area contributed by atoms with Crippen molar-refractivity contribution < 1.29 is 4.74 Å². The molecule has 1 aromatic carbocycles. The highest BCUT2D eigenvalue weighted by Gasteiger charge is 2.19. The van der Waals surface area contributed by atoms with Crippen LogP contribution in [0.25, 0.3) is 11.4 Å². The third-order valence-corrected chi connectivity index (χ3v) is 3.81. The van der Waals surface area contributed by atoms with Crippen molar-refractivity contribution in [3.8, 4) is 17.1 Å². The zero-order chi connectivity index (χ0) is 14.8. The number of hydrogen-bond donors (Lipinski definition) is 2. The monoisotopic (exact) mass is 287 g/mol. The van der Waals surface area contributed by atoms with Gasteiger partial charge in [0.15, 0.2) is 5.82 Å². The average molecular weight is 287 g/mol. The summed E-state index contributed by atoms with van der Waals surface area (Å²) in [6.45, 7) is 7.01. The lowest BCUT2D eigenvalue weighted by Gasteiger charge is -2.30. The van der Waals surface area contributed by atoms with Crippen LogP contribution in [0, 0.1) is 6.92 Å². The molecule has 0 amide bonds. The summed E-state index contributed by atoms with van der Waals surface area (Å²) >= 11 is 0. The number of aryl methyl sites for hydroxylation is 1. The van der Waals surface area contributed by atoms with Crippen molar-refractivity contribution in [2.75, 3.05) is 31.6 Å². The maximum absolute atomic E-state index is 5.36. The van der Waals surface area contributed by atoms with Crippen molar-refractivity contribution in [1.29, 1.82) is 0 Å². The number of piperazine rings is 1. The molecule has 0 aliphatic carbocycles. The Morgan fingerprint density at radius 1 is 1.38 bits per heavy atom. The lowest BCUT2D eigenvalue weighted by molar-refractivity contribution is 0.412. The van der Waals surface area contributed by atoms with Crippen molar-refractivity contribution in [2.24, 2.45) is 0 Å². The van der Waals surface area contributed by atoms with Crippen molar-refractivity contribution >= 4 is 5.95 Å². The minimum Gasteiger partial charge on any atom is -0.496 e. The van der Waals surface area contributed by atoms with Crippen LogP contribution in [0.3, 0.4) is 0 Å². The molecule has 1 saturated heterocycles. The standard InChI is InChI=1S/C15H21N5O/c1-10-4-5-12(8-13(10)21-3)14-17-15(19-18-14)20-7-6-16-11(2)9-20/h4-5,8,11,16H,6-7,9H2,1-3H3,(H,17,18,19)/t11-/m1/s1.